The van der Waals surface area contributed by atoms with Gasteiger partial charge in [-0.1, -0.05) is 18.2 Å². The van der Waals surface area contributed by atoms with Crippen LogP contribution in [0.3, 0.4) is 0 Å². The maximum atomic E-state index is 12.7. The Morgan fingerprint density at radius 1 is 1.07 bits per heavy atom. The van der Waals surface area contributed by atoms with Gasteiger partial charge >= 0.3 is 0 Å². The van der Waals surface area contributed by atoms with Gasteiger partial charge in [0.05, 0.1) is 19.8 Å². The molecule has 7 nitrogen and oxygen atoms in total. The third kappa shape index (κ3) is 5.59. The maximum Gasteiger partial charge on any atom is 0.257 e. The summed E-state index contributed by atoms with van der Waals surface area (Å²) in [6.07, 6.45) is 1.46. The molecule has 1 amide bonds. The molecule has 0 aliphatic carbocycles. The van der Waals surface area contributed by atoms with Gasteiger partial charge in [0.25, 0.3) is 5.91 Å². The number of rotatable bonds is 9. The molecule has 0 aromatic heterocycles. The maximum absolute atomic E-state index is 12.7. The standard InChI is InChI=1S/C22H22N2O5/c1-4-24-21(25)14-29-19-10-9-15(12-20(19)28-3)11-16(13-23)22(26)17-7-5-6-8-18(17)27-2/h5-12H,4,14H2,1-3H3,(H,24,25)/b16-11+. The molecule has 7 heteroatoms. The molecule has 0 saturated heterocycles. The van der Waals surface area contributed by atoms with Crippen molar-refractivity contribution in [3.05, 3.63) is 59.2 Å². The first-order chi connectivity index (χ1) is 14.0. The van der Waals surface area contributed by atoms with Gasteiger partial charge in [0, 0.05) is 6.54 Å². The van der Waals surface area contributed by atoms with E-state index in [1.165, 1.54) is 20.3 Å². The van der Waals surface area contributed by atoms with Crippen molar-refractivity contribution >= 4 is 17.8 Å². The minimum Gasteiger partial charge on any atom is -0.496 e. The fraction of sp³-hybridized carbons (Fsp3) is 0.227. The van der Waals surface area contributed by atoms with E-state index in [0.717, 1.165) is 0 Å². The lowest BCUT2D eigenvalue weighted by molar-refractivity contribution is -0.123. The second-order valence-corrected chi connectivity index (χ2v) is 5.85. The molecule has 2 rings (SSSR count). The number of nitrogens with one attached hydrogen (secondary N) is 1. The molecule has 2 aromatic carbocycles. The van der Waals surface area contributed by atoms with Crippen LogP contribution in [0.15, 0.2) is 48.0 Å². The van der Waals surface area contributed by atoms with Gasteiger partial charge in [-0.15, -0.1) is 0 Å². The number of methoxy groups -OCH3 is 2. The number of likely N-dealkylation sites (N-methyl/N-ethyl adjacent to an activating group) is 1. The smallest absolute Gasteiger partial charge is 0.257 e. The average Bonchev–Trinajstić information content (AvgIpc) is 2.75. The largest absolute Gasteiger partial charge is 0.496 e. The monoisotopic (exact) mass is 394 g/mol. The lowest BCUT2D eigenvalue weighted by atomic mass is 10.0. The molecule has 0 saturated carbocycles. The SMILES string of the molecule is CCNC(=O)COc1ccc(/C=C(\C#N)C(=O)c2ccccc2OC)cc1OC. The number of ketones is 1. The molecular weight excluding hydrogens is 372 g/mol. The van der Waals surface area contributed by atoms with Crippen molar-refractivity contribution < 1.29 is 23.8 Å². The van der Waals surface area contributed by atoms with Crippen molar-refractivity contribution in [1.29, 1.82) is 5.26 Å². The summed E-state index contributed by atoms with van der Waals surface area (Å²) in [4.78, 5) is 24.3. The van der Waals surface area contributed by atoms with Crippen LogP contribution in [0.25, 0.3) is 6.08 Å². The van der Waals surface area contributed by atoms with Crippen LogP contribution in [-0.4, -0.2) is 39.1 Å². The van der Waals surface area contributed by atoms with Crippen molar-refractivity contribution in [3.63, 3.8) is 0 Å². The Labute approximate surface area is 169 Å². The van der Waals surface area contributed by atoms with Crippen LogP contribution in [0.5, 0.6) is 17.2 Å². The van der Waals surface area contributed by atoms with E-state index in [9.17, 15) is 14.9 Å². The van der Waals surface area contributed by atoms with Gasteiger partial charge in [0.1, 0.15) is 17.4 Å². The van der Waals surface area contributed by atoms with E-state index < -0.39 is 5.78 Å². The summed E-state index contributed by atoms with van der Waals surface area (Å²) < 4.78 is 16.0. The molecule has 0 fully saturated rings. The minimum atomic E-state index is -0.444. The predicted molar refractivity (Wildman–Crippen MR) is 108 cm³/mol. The number of carbonyl (C=O) groups is 2. The summed E-state index contributed by atoms with van der Waals surface area (Å²) in [6.45, 7) is 2.19. The molecule has 150 valence electrons. The van der Waals surface area contributed by atoms with Crippen LogP contribution in [0.2, 0.25) is 0 Å². The number of ether oxygens (including phenoxy) is 3. The molecule has 29 heavy (non-hydrogen) atoms. The van der Waals surface area contributed by atoms with Crippen molar-refractivity contribution in [2.24, 2.45) is 0 Å². The molecule has 0 unspecified atom stereocenters. The number of hydrogen-bond acceptors (Lipinski definition) is 6. The van der Waals surface area contributed by atoms with E-state index in [1.54, 1.807) is 42.5 Å². The van der Waals surface area contributed by atoms with E-state index >= 15 is 0 Å². The molecule has 0 bridgehead atoms. The van der Waals surface area contributed by atoms with E-state index in [4.69, 9.17) is 14.2 Å². The zero-order chi connectivity index (χ0) is 21.2. The third-order valence-electron chi connectivity index (χ3n) is 3.95. The fourth-order valence-electron chi connectivity index (χ4n) is 2.58. The molecular formula is C22H22N2O5. The fourth-order valence-corrected chi connectivity index (χ4v) is 2.58. The first-order valence-electron chi connectivity index (χ1n) is 8.91. The molecule has 2 aromatic rings. The number of hydrogen-bond donors (Lipinski definition) is 1. The summed E-state index contributed by atoms with van der Waals surface area (Å²) in [5.74, 6) is 0.467. The van der Waals surface area contributed by atoms with Gasteiger partial charge in [-0.3, -0.25) is 9.59 Å². The summed E-state index contributed by atoms with van der Waals surface area (Å²) in [7, 11) is 2.93. The van der Waals surface area contributed by atoms with Gasteiger partial charge in [-0.2, -0.15) is 5.26 Å². The second-order valence-electron chi connectivity index (χ2n) is 5.85. The highest BCUT2D eigenvalue weighted by atomic mass is 16.5. The van der Waals surface area contributed by atoms with Crippen LogP contribution in [-0.2, 0) is 4.79 Å². The molecule has 0 atom stereocenters. The molecule has 0 heterocycles. The Morgan fingerprint density at radius 2 is 1.79 bits per heavy atom. The third-order valence-corrected chi connectivity index (χ3v) is 3.95. The van der Waals surface area contributed by atoms with Crippen LogP contribution in [0.4, 0.5) is 0 Å². The highest BCUT2D eigenvalue weighted by molar-refractivity contribution is 6.15. The zero-order valence-corrected chi connectivity index (χ0v) is 16.5. The number of Topliss-reactive ketones (excluding diaryl/α,β-unsaturated/α-hetero) is 1. The second kappa shape index (κ2) is 10.5. The highest BCUT2D eigenvalue weighted by Gasteiger charge is 2.17. The quantitative estimate of drug-likeness (QED) is 0.399. The van der Waals surface area contributed by atoms with Crippen LogP contribution in [0, 0.1) is 11.3 Å². The van der Waals surface area contributed by atoms with E-state index in [0.29, 0.717) is 34.9 Å². The van der Waals surface area contributed by atoms with Crippen LogP contribution in [0.1, 0.15) is 22.8 Å². The Bertz CT molecular complexity index is 960. The van der Waals surface area contributed by atoms with E-state index in [1.807, 2.05) is 13.0 Å². The topological polar surface area (TPSA) is 97.7 Å². The number of benzene rings is 2. The van der Waals surface area contributed by atoms with Crippen LogP contribution < -0.4 is 19.5 Å². The molecule has 0 radical (unpaired) electrons. The van der Waals surface area contributed by atoms with Gasteiger partial charge in [0.2, 0.25) is 5.78 Å². The number of nitriles is 1. The first kappa shape index (κ1) is 21.5. The Hall–Kier alpha value is -3.79. The minimum absolute atomic E-state index is 0.0486. The van der Waals surface area contributed by atoms with Gasteiger partial charge in [-0.25, -0.2) is 0 Å². The van der Waals surface area contributed by atoms with Crippen LogP contribution >= 0.6 is 0 Å². The molecule has 0 spiro atoms. The Morgan fingerprint density at radius 3 is 2.45 bits per heavy atom. The van der Waals surface area contributed by atoms with Crippen molar-refractivity contribution in [1.82, 2.24) is 5.32 Å². The zero-order valence-electron chi connectivity index (χ0n) is 16.5. The van der Waals surface area contributed by atoms with Crippen molar-refractivity contribution in [2.75, 3.05) is 27.4 Å². The van der Waals surface area contributed by atoms with Crippen molar-refractivity contribution in [3.8, 4) is 23.3 Å². The van der Waals surface area contributed by atoms with E-state index in [2.05, 4.69) is 5.32 Å². The van der Waals surface area contributed by atoms with Crippen molar-refractivity contribution in [2.45, 2.75) is 6.92 Å². The number of allylic oxidation sites excluding steroid dienone is 1. The first-order valence-corrected chi connectivity index (χ1v) is 8.91. The highest BCUT2D eigenvalue weighted by Crippen LogP contribution is 2.29. The lowest BCUT2D eigenvalue weighted by Gasteiger charge is -2.11. The Balaban J connectivity index is 2.28. The summed E-state index contributed by atoms with van der Waals surface area (Å²) in [5.41, 5.74) is 0.830. The lowest BCUT2D eigenvalue weighted by Crippen LogP contribution is -2.28. The number of carbonyl (C=O) groups excluding carboxylic acids is 2. The predicted octanol–water partition coefficient (Wildman–Crippen LogP) is 3.01. The normalized spacial score (nSPS) is 10.6. The average molecular weight is 394 g/mol. The molecule has 1 N–H and O–H groups in total. The number of para-hydroxylation sites is 1. The summed E-state index contributed by atoms with van der Waals surface area (Å²) >= 11 is 0. The summed E-state index contributed by atoms with van der Waals surface area (Å²) in [5, 5.41) is 12.1. The number of nitrogens with zero attached hydrogens (tertiary/aromatic N) is 1. The molecule has 0 aliphatic heterocycles. The summed E-state index contributed by atoms with van der Waals surface area (Å²) in [6, 6.07) is 13.6. The number of amides is 1. The van der Waals surface area contributed by atoms with Gasteiger partial charge in [0.15, 0.2) is 18.1 Å². The van der Waals surface area contributed by atoms with Gasteiger partial charge < -0.3 is 19.5 Å². The molecule has 0 aliphatic rings. The van der Waals surface area contributed by atoms with E-state index in [-0.39, 0.29) is 18.1 Å². The Kier molecular flexibility index (Phi) is 7.80. The van der Waals surface area contributed by atoms with Gasteiger partial charge in [-0.05, 0) is 42.8 Å².